The summed E-state index contributed by atoms with van der Waals surface area (Å²) in [4.78, 5) is 12.2. The molecule has 0 unspecified atom stereocenters. The molecule has 0 atom stereocenters. The monoisotopic (exact) mass is 442 g/mol. The van der Waals surface area contributed by atoms with Crippen molar-refractivity contribution in [3.8, 4) is 11.5 Å². The summed E-state index contributed by atoms with van der Waals surface area (Å²) in [6, 6.07) is 3.74. The molecule has 0 spiro atoms. The molecular formula is C19H23IO4. The van der Waals surface area contributed by atoms with E-state index in [1.807, 2.05) is 12.1 Å². The van der Waals surface area contributed by atoms with Crippen molar-refractivity contribution < 1.29 is 19.0 Å². The maximum atomic E-state index is 12.2. The van der Waals surface area contributed by atoms with Crippen molar-refractivity contribution in [1.82, 2.24) is 0 Å². The molecule has 5 heteroatoms. The van der Waals surface area contributed by atoms with Gasteiger partial charge in [0.05, 0.1) is 10.7 Å². The Morgan fingerprint density at radius 1 is 1.29 bits per heavy atom. The van der Waals surface area contributed by atoms with Gasteiger partial charge in [0.2, 0.25) is 0 Å². The van der Waals surface area contributed by atoms with E-state index in [4.69, 9.17) is 14.2 Å². The predicted octanol–water partition coefficient (Wildman–Crippen LogP) is 4.75. The second kappa shape index (κ2) is 8.55. The number of methoxy groups -OCH3 is 1. The third-order valence-corrected chi connectivity index (χ3v) is 5.01. The summed E-state index contributed by atoms with van der Waals surface area (Å²) >= 11 is 2.15. The van der Waals surface area contributed by atoms with Crippen LogP contribution in [0.5, 0.6) is 11.5 Å². The zero-order valence-corrected chi connectivity index (χ0v) is 16.1. The Morgan fingerprint density at radius 3 is 2.58 bits per heavy atom. The Hall–Kier alpha value is -1.50. The van der Waals surface area contributed by atoms with E-state index in [1.165, 1.54) is 6.42 Å². The predicted molar refractivity (Wildman–Crippen MR) is 103 cm³/mol. The van der Waals surface area contributed by atoms with Crippen LogP contribution in [-0.2, 0) is 9.53 Å². The molecule has 4 nitrogen and oxygen atoms in total. The lowest BCUT2D eigenvalue weighted by Crippen LogP contribution is -2.36. The third kappa shape index (κ3) is 4.53. The van der Waals surface area contributed by atoms with Crippen molar-refractivity contribution in [3.63, 3.8) is 0 Å². The molecule has 1 saturated carbocycles. The summed E-state index contributed by atoms with van der Waals surface area (Å²) < 4.78 is 17.5. The van der Waals surface area contributed by atoms with Crippen LogP contribution in [0.1, 0.15) is 37.7 Å². The molecule has 0 heterocycles. The number of hydrogen-bond acceptors (Lipinski definition) is 4. The molecule has 1 aromatic rings. The van der Waals surface area contributed by atoms with Gasteiger partial charge in [0.1, 0.15) is 5.60 Å². The number of carbonyl (C=O) groups excluding carboxylic acids is 1. The van der Waals surface area contributed by atoms with Crippen LogP contribution in [0.25, 0.3) is 6.08 Å². The molecule has 1 aromatic carbocycles. The summed E-state index contributed by atoms with van der Waals surface area (Å²) in [6.07, 6.45) is 8.43. The van der Waals surface area contributed by atoms with Gasteiger partial charge in [0.25, 0.3) is 0 Å². The number of hydrogen-bond donors (Lipinski definition) is 0. The Kier molecular flexibility index (Phi) is 6.71. The molecule has 2 rings (SSSR count). The molecule has 1 aliphatic carbocycles. The number of carbonyl (C=O) groups is 1. The normalized spacial score (nSPS) is 16.1. The molecule has 0 N–H and O–H groups in total. The van der Waals surface area contributed by atoms with Gasteiger partial charge in [-0.15, -0.1) is 0 Å². The lowest BCUT2D eigenvalue weighted by molar-refractivity contribution is -0.160. The summed E-state index contributed by atoms with van der Waals surface area (Å²) in [5, 5.41) is 0. The number of rotatable bonds is 7. The van der Waals surface area contributed by atoms with Crippen molar-refractivity contribution in [2.24, 2.45) is 0 Å². The summed E-state index contributed by atoms with van der Waals surface area (Å²) in [5.41, 5.74) is 0.391. The Morgan fingerprint density at radius 2 is 2.00 bits per heavy atom. The average molecular weight is 442 g/mol. The second-order valence-electron chi connectivity index (χ2n) is 5.83. The molecule has 0 aliphatic heterocycles. The van der Waals surface area contributed by atoms with E-state index >= 15 is 0 Å². The number of benzene rings is 1. The first-order valence-corrected chi connectivity index (χ1v) is 9.09. The summed E-state index contributed by atoms with van der Waals surface area (Å²) in [6.45, 7) is 7.43. The molecule has 0 aromatic heterocycles. The van der Waals surface area contributed by atoms with E-state index in [2.05, 4.69) is 35.7 Å². The van der Waals surface area contributed by atoms with E-state index in [9.17, 15) is 4.79 Å². The molecular weight excluding hydrogens is 419 g/mol. The molecule has 1 aliphatic rings. The minimum Gasteiger partial charge on any atom is -0.493 e. The Labute approximate surface area is 157 Å². The van der Waals surface area contributed by atoms with Crippen LogP contribution in [-0.4, -0.2) is 25.3 Å². The van der Waals surface area contributed by atoms with Gasteiger partial charge in [-0.2, -0.15) is 0 Å². The maximum Gasteiger partial charge on any atom is 0.345 e. The van der Waals surface area contributed by atoms with Crippen molar-refractivity contribution in [2.75, 3.05) is 13.7 Å². The van der Waals surface area contributed by atoms with Gasteiger partial charge in [0, 0.05) is 0 Å². The largest absolute Gasteiger partial charge is 0.493 e. The van der Waals surface area contributed by atoms with Gasteiger partial charge < -0.3 is 14.2 Å². The highest BCUT2D eigenvalue weighted by Crippen LogP contribution is 2.35. The number of ether oxygens (including phenoxy) is 3. The molecule has 0 radical (unpaired) electrons. The summed E-state index contributed by atoms with van der Waals surface area (Å²) in [5.74, 6) is 0.722. The van der Waals surface area contributed by atoms with E-state index in [-0.39, 0.29) is 12.6 Å². The van der Waals surface area contributed by atoms with E-state index in [1.54, 1.807) is 19.3 Å². The van der Waals surface area contributed by atoms with Gasteiger partial charge in [-0.05, 0) is 72.0 Å². The number of halogens is 1. The fraction of sp³-hybridized carbons (Fsp3) is 0.421. The van der Waals surface area contributed by atoms with Crippen LogP contribution in [0.3, 0.4) is 0 Å². The first-order chi connectivity index (χ1) is 11.5. The smallest absolute Gasteiger partial charge is 0.345 e. The molecule has 0 bridgehead atoms. The number of esters is 1. The van der Waals surface area contributed by atoms with Crippen molar-refractivity contribution in [3.05, 3.63) is 40.5 Å². The first kappa shape index (κ1) is 18.8. The molecule has 24 heavy (non-hydrogen) atoms. The quantitative estimate of drug-likeness (QED) is 0.347. The Bertz CT molecular complexity index is 618. The van der Waals surface area contributed by atoms with E-state index < -0.39 is 5.60 Å². The SMILES string of the molecule is C=Cc1cc(I)c(OCC(=O)OC2(C=C)CCCCC2)c(OC)c1. The standard InChI is InChI=1S/C19H23IO4/c1-4-14-11-15(20)18(16(12-14)22-3)23-13-17(21)24-19(5-2)9-7-6-8-10-19/h4-5,11-12H,1-2,6-10,13H2,3H3. The van der Waals surface area contributed by atoms with Crippen LogP contribution in [0.4, 0.5) is 0 Å². The highest BCUT2D eigenvalue weighted by atomic mass is 127. The maximum absolute atomic E-state index is 12.2. The first-order valence-electron chi connectivity index (χ1n) is 8.02. The van der Waals surface area contributed by atoms with Crippen molar-refractivity contribution in [2.45, 2.75) is 37.7 Å². The molecule has 0 saturated heterocycles. The van der Waals surface area contributed by atoms with E-state index in [0.29, 0.717) is 11.5 Å². The van der Waals surface area contributed by atoms with Gasteiger partial charge in [-0.3, -0.25) is 0 Å². The molecule has 1 fully saturated rings. The fourth-order valence-electron chi connectivity index (χ4n) is 2.88. The average Bonchev–Trinajstić information content (AvgIpc) is 2.60. The van der Waals surface area contributed by atoms with Gasteiger partial charge in [-0.1, -0.05) is 25.7 Å². The second-order valence-corrected chi connectivity index (χ2v) is 6.99. The van der Waals surface area contributed by atoms with Crippen molar-refractivity contribution >= 4 is 34.6 Å². The Balaban J connectivity index is 2.03. The van der Waals surface area contributed by atoms with E-state index in [0.717, 1.165) is 34.8 Å². The summed E-state index contributed by atoms with van der Waals surface area (Å²) in [7, 11) is 1.57. The van der Waals surface area contributed by atoms with Gasteiger partial charge in [0.15, 0.2) is 18.1 Å². The van der Waals surface area contributed by atoms with Crippen LogP contribution < -0.4 is 9.47 Å². The van der Waals surface area contributed by atoms with Crippen LogP contribution in [0.15, 0.2) is 31.4 Å². The molecule has 0 amide bonds. The van der Waals surface area contributed by atoms with Crippen LogP contribution in [0, 0.1) is 3.57 Å². The lowest BCUT2D eigenvalue weighted by Gasteiger charge is -2.33. The minimum absolute atomic E-state index is 0.157. The zero-order valence-electron chi connectivity index (χ0n) is 14.0. The third-order valence-electron chi connectivity index (χ3n) is 4.21. The minimum atomic E-state index is -0.539. The van der Waals surface area contributed by atoms with Crippen LogP contribution >= 0.6 is 22.6 Å². The van der Waals surface area contributed by atoms with Crippen LogP contribution in [0.2, 0.25) is 0 Å². The highest BCUT2D eigenvalue weighted by molar-refractivity contribution is 14.1. The zero-order chi connectivity index (χ0) is 17.6. The topological polar surface area (TPSA) is 44.8 Å². The van der Waals surface area contributed by atoms with Gasteiger partial charge in [-0.25, -0.2) is 4.79 Å². The molecule has 130 valence electrons. The highest BCUT2D eigenvalue weighted by Gasteiger charge is 2.33. The fourth-order valence-corrected chi connectivity index (χ4v) is 3.66. The van der Waals surface area contributed by atoms with Crippen molar-refractivity contribution in [1.29, 1.82) is 0 Å². The lowest BCUT2D eigenvalue weighted by atomic mass is 9.85. The van der Waals surface area contributed by atoms with Gasteiger partial charge >= 0.3 is 5.97 Å².